The standard InChI is InChI=1S/C16H15F2N3/c1-10-20-15-4-2-3-5-16(15)21(10)9-14(19)11-6-7-12(17)13(18)8-11/h2-8,14H,9,19H2,1H3. The van der Waals surface area contributed by atoms with Crippen LogP contribution in [0.15, 0.2) is 42.5 Å². The van der Waals surface area contributed by atoms with Gasteiger partial charge in [0.15, 0.2) is 11.6 Å². The van der Waals surface area contributed by atoms with Crippen LogP contribution in [0.25, 0.3) is 11.0 Å². The lowest BCUT2D eigenvalue weighted by Gasteiger charge is -2.15. The highest BCUT2D eigenvalue weighted by Gasteiger charge is 2.14. The van der Waals surface area contributed by atoms with Crippen LogP contribution >= 0.6 is 0 Å². The van der Waals surface area contributed by atoms with E-state index >= 15 is 0 Å². The molecule has 0 saturated heterocycles. The molecule has 0 saturated carbocycles. The fourth-order valence-electron chi connectivity index (χ4n) is 2.47. The van der Waals surface area contributed by atoms with Crippen molar-refractivity contribution in [3.63, 3.8) is 0 Å². The predicted octanol–water partition coefficient (Wildman–Crippen LogP) is 3.32. The highest BCUT2D eigenvalue weighted by Crippen LogP contribution is 2.21. The largest absolute Gasteiger partial charge is 0.326 e. The molecule has 3 rings (SSSR count). The quantitative estimate of drug-likeness (QED) is 0.803. The highest BCUT2D eigenvalue weighted by atomic mass is 19.2. The van der Waals surface area contributed by atoms with Crippen LogP contribution in [0, 0.1) is 18.6 Å². The third-order valence-corrected chi connectivity index (χ3v) is 3.60. The van der Waals surface area contributed by atoms with Crippen LogP contribution in [-0.2, 0) is 6.54 Å². The van der Waals surface area contributed by atoms with Crippen molar-refractivity contribution in [1.82, 2.24) is 9.55 Å². The van der Waals surface area contributed by atoms with Gasteiger partial charge in [-0.15, -0.1) is 0 Å². The van der Waals surface area contributed by atoms with Crippen LogP contribution in [-0.4, -0.2) is 9.55 Å². The van der Waals surface area contributed by atoms with E-state index in [4.69, 9.17) is 5.73 Å². The molecule has 1 atom stereocenters. The number of hydrogen-bond donors (Lipinski definition) is 1. The van der Waals surface area contributed by atoms with Gasteiger partial charge in [0, 0.05) is 12.6 Å². The summed E-state index contributed by atoms with van der Waals surface area (Å²) in [5.41, 5.74) is 8.56. The van der Waals surface area contributed by atoms with Crippen molar-refractivity contribution in [3.8, 4) is 0 Å². The van der Waals surface area contributed by atoms with E-state index in [0.717, 1.165) is 29.0 Å². The lowest BCUT2D eigenvalue weighted by molar-refractivity contribution is 0.501. The van der Waals surface area contributed by atoms with Crippen LogP contribution in [0.1, 0.15) is 17.4 Å². The molecule has 2 aromatic carbocycles. The maximum absolute atomic E-state index is 13.3. The minimum Gasteiger partial charge on any atom is -0.326 e. The van der Waals surface area contributed by atoms with Crippen molar-refractivity contribution >= 4 is 11.0 Å². The van der Waals surface area contributed by atoms with Crippen molar-refractivity contribution in [2.75, 3.05) is 0 Å². The molecule has 0 aliphatic rings. The number of imidazole rings is 1. The molecule has 5 heteroatoms. The number of hydrogen-bond acceptors (Lipinski definition) is 2. The molecule has 21 heavy (non-hydrogen) atoms. The topological polar surface area (TPSA) is 43.8 Å². The second-order valence-corrected chi connectivity index (χ2v) is 5.04. The molecule has 2 N–H and O–H groups in total. The normalized spacial score (nSPS) is 12.8. The van der Waals surface area contributed by atoms with Gasteiger partial charge < -0.3 is 10.3 Å². The first-order valence-electron chi connectivity index (χ1n) is 6.68. The van der Waals surface area contributed by atoms with E-state index in [-0.39, 0.29) is 0 Å². The van der Waals surface area contributed by atoms with E-state index in [0.29, 0.717) is 12.1 Å². The fraction of sp³-hybridized carbons (Fsp3) is 0.188. The number of benzene rings is 2. The Kier molecular flexibility index (Phi) is 3.43. The molecule has 1 aromatic heterocycles. The number of nitrogens with two attached hydrogens (primary N) is 1. The van der Waals surface area contributed by atoms with Gasteiger partial charge in [0.25, 0.3) is 0 Å². The first-order valence-corrected chi connectivity index (χ1v) is 6.68. The van der Waals surface area contributed by atoms with Crippen molar-refractivity contribution in [1.29, 1.82) is 0 Å². The SMILES string of the molecule is Cc1nc2ccccc2n1CC(N)c1ccc(F)c(F)c1. The van der Waals surface area contributed by atoms with Gasteiger partial charge in [-0.1, -0.05) is 18.2 Å². The Hall–Kier alpha value is -2.27. The molecule has 1 heterocycles. The molecule has 0 aliphatic carbocycles. The Morgan fingerprint density at radius 2 is 1.90 bits per heavy atom. The van der Waals surface area contributed by atoms with Gasteiger partial charge in [-0.25, -0.2) is 13.8 Å². The van der Waals surface area contributed by atoms with Crippen LogP contribution in [0.5, 0.6) is 0 Å². The molecule has 0 bridgehead atoms. The number of para-hydroxylation sites is 2. The molecular weight excluding hydrogens is 272 g/mol. The summed E-state index contributed by atoms with van der Waals surface area (Å²) in [7, 11) is 0. The van der Waals surface area contributed by atoms with E-state index in [1.54, 1.807) is 0 Å². The molecule has 0 radical (unpaired) electrons. The third-order valence-electron chi connectivity index (χ3n) is 3.60. The molecule has 1 unspecified atom stereocenters. The van der Waals surface area contributed by atoms with Crippen molar-refractivity contribution in [3.05, 3.63) is 65.5 Å². The summed E-state index contributed by atoms with van der Waals surface area (Å²) in [6, 6.07) is 11.1. The Morgan fingerprint density at radius 3 is 2.67 bits per heavy atom. The van der Waals surface area contributed by atoms with Gasteiger partial charge in [0.1, 0.15) is 5.82 Å². The monoisotopic (exact) mass is 287 g/mol. The fourth-order valence-corrected chi connectivity index (χ4v) is 2.47. The molecule has 0 amide bonds. The summed E-state index contributed by atoms with van der Waals surface area (Å²) >= 11 is 0. The van der Waals surface area contributed by atoms with Crippen molar-refractivity contribution < 1.29 is 8.78 Å². The summed E-state index contributed by atoms with van der Waals surface area (Å²) in [5, 5.41) is 0. The Labute approximate surface area is 121 Å². The van der Waals surface area contributed by atoms with Gasteiger partial charge in [0.2, 0.25) is 0 Å². The molecule has 3 aromatic rings. The zero-order chi connectivity index (χ0) is 15.0. The van der Waals surface area contributed by atoms with E-state index in [1.165, 1.54) is 6.07 Å². The van der Waals surface area contributed by atoms with Crippen LogP contribution in [0.4, 0.5) is 8.78 Å². The lowest BCUT2D eigenvalue weighted by atomic mass is 10.1. The number of fused-ring (bicyclic) bond motifs is 1. The molecule has 0 aliphatic heterocycles. The van der Waals surface area contributed by atoms with Crippen LogP contribution < -0.4 is 5.73 Å². The number of aromatic nitrogens is 2. The summed E-state index contributed by atoms with van der Waals surface area (Å²) < 4.78 is 28.3. The number of nitrogens with zero attached hydrogens (tertiary/aromatic N) is 2. The van der Waals surface area contributed by atoms with E-state index < -0.39 is 17.7 Å². The number of rotatable bonds is 3. The minimum atomic E-state index is -0.879. The second-order valence-electron chi connectivity index (χ2n) is 5.04. The average Bonchev–Trinajstić information content (AvgIpc) is 2.78. The van der Waals surface area contributed by atoms with Gasteiger partial charge in [0.05, 0.1) is 11.0 Å². The van der Waals surface area contributed by atoms with Crippen molar-refractivity contribution in [2.45, 2.75) is 19.5 Å². The Bertz CT molecular complexity index is 795. The average molecular weight is 287 g/mol. The summed E-state index contributed by atoms with van der Waals surface area (Å²) in [6.07, 6.45) is 0. The van der Waals surface area contributed by atoms with Crippen LogP contribution in [0.3, 0.4) is 0 Å². The Morgan fingerprint density at radius 1 is 1.14 bits per heavy atom. The van der Waals surface area contributed by atoms with Gasteiger partial charge in [-0.2, -0.15) is 0 Å². The minimum absolute atomic E-state index is 0.434. The van der Waals surface area contributed by atoms with E-state index in [2.05, 4.69) is 4.98 Å². The zero-order valence-corrected chi connectivity index (χ0v) is 11.6. The number of aryl methyl sites for hydroxylation is 1. The first kappa shape index (κ1) is 13.7. The maximum Gasteiger partial charge on any atom is 0.159 e. The molecule has 0 fully saturated rings. The Balaban J connectivity index is 1.94. The second kappa shape index (κ2) is 5.26. The molecular formula is C16H15F2N3. The van der Waals surface area contributed by atoms with Gasteiger partial charge in [-0.05, 0) is 36.8 Å². The lowest BCUT2D eigenvalue weighted by Crippen LogP contribution is -2.18. The predicted molar refractivity (Wildman–Crippen MR) is 77.8 cm³/mol. The van der Waals surface area contributed by atoms with Crippen molar-refractivity contribution in [2.24, 2.45) is 5.73 Å². The van der Waals surface area contributed by atoms with Gasteiger partial charge in [-0.3, -0.25) is 0 Å². The number of halogens is 2. The van der Waals surface area contributed by atoms with Gasteiger partial charge >= 0.3 is 0 Å². The summed E-state index contributed by atoms with van der Waals surface area (Å²) in [4.78, 5) is 4.46. The molecule has 108 valence electrons. The molecule has 0 spiro atoms. The zero-order valence-electron chi connectivity index (χ0n) is 11.6. The first-order chi connectivity index (χ1) is 10.1. The summed E-state index contributed by atoms with van der Waals surface area (Å²) in [6.45, 7) is 2.36. The van der Waals surface area contributed by atoms with E-state index in [1.807, 2.05) is 35.8 Å². The smallest absolute Gasteiger partial charge is 0.159 e. The highest BCUT2D eigenvalue weighted by molar-refractivity contribution is 5.75. The van der Waals surface area contributed by atoms with Crippen LogP contribution in [0.2, 0.25) is 0 Å². The molecule has 3 nitrogen and oxygen atoms in total. The van der Waals surface area contributed by atoms with E-state index in [9.17, 15) is 8.78 Å². The third kappa shape index (κ3) is 2.52. The maximum atomic E-state index is 13.3. The summed E-state index contributed by atoms with van der Waals surface area (Å²) in [5.74, 6) is -0.903.